The van der Waals surface area contributed by atoms with Gasteiger partial charge in [-0.25, -0.2) is 0 Å². The Morgan fingerprint density at radius 1 is 0.782 bits per heavy atom. The molecule has 2 bridgehead atoms. The monoisotopic (exact) mass is 746 g/mol. The second kappa shape index (κ2) is 18.3. The first-order valence-electron chi connectivity index (χ1n) is 21.5. The third-order valence-electron chi connectivity index (χ3n) is 13.2. The predicted octanol–water partition coefficient (Wildman–Crippen LogP) is 9.21. The molecule has 0 radical (unpaired) electrons. The molecule has 55 heavy (non-hydrogen) atoms. The molecule has 2 aliphatic heterocycles. The van der Waals surface area contributed by atoms with Crippen LogP contribution in [0.1, 0.15) is 126 Å². The Morgan fingerprint density at radius 3 is 2.07 bits per heavy atom. The van der Waals surface area contributed by atoms with Crippen LogP contribution in [0.15, 0.2) is 72.8 Å². The molecule has 0 unspecified atom stereocenters. The fraction of sp³-hybridized carbons (Fsp3) is 0.562. The summed E-state index contributed by atoms with van der Waals surface area (Å²) in [6.07, 6.45) is 17.6. The predicted molar refractivity (Wildman–Crippen MR) is 218 cm³/mol. The molecule has 294 valence electrons. The number of benzene rings is 3. The molecule has 0 aromatic heterocycles. The highest BCUT2D eigenvalue weighted by atomic mass is 16.6. The van der Waals surface area contributed by atoms with Crippen molar-refractivity contribution in [2.45, 2.75) is 147 Å². The zero-order valence-corrected chi connectivity index (χ0v) is 33.3. The maximum absolute atomic E-state index is 14.5. The van der Waals surface area contributed by atoms with Crippen molar-refractivity contribution < 1.29 is 23.9 Å². The van der Waals surface area contributed by atoms with E-state index in [4.69, 9.17) is 9.47 Å². The van der Waals surface area contributed by atoms with E-state index in [2.05, 4.69) is 76.5 Å². The molecule has 5 atom stereocenters. The Morgan fingerprint density at radius 2 is 1.42 bits per heavy atom. The van der Waals surface area contributed by atoms with Gasteiger partial charge in [0.1, 0.15) is 11.9 Å². The molecule has 4 aliphatic rings. The van der Waals surface area contributed by atoms with Crippen molar-refractivity contribution >= 4 is 17.7 Å². The number of nitrogens with zero attached hydrogens (tertiary/aromatic N) is 2. The van der Waals surface area contributed by atoms with Crippen molar-refractivity contribution in [1.82, 2.24) is 9.80 Å². The lowest BCUT2D eigenvalue weighted by Crippen LogP contribution is -2.69. The number of hydrogen-bond donors (Lipinski definition) is 0. The van der Waals surface area contributed by atoms with Crippen molar-refractivity contribution in [3.63, 3.8) is 0 Å². The number of amides is 1. The SMILES string of the molecule is CC(=O)CN1CC[C@]23c4c5ccc(OC(C)=O)c4O[C@H]2[C@H](N(CCCCc2ccccc2)C(=O)CCCCCCCCCCc2ccccc2)CC[C@H]3[C@H]1C5. The van der Waals surface area contributed by atoms with Gasteiger partial charge in [0, 0.05) is 36.9 Å². The number of aryl methyl sites for hydroxylation is 2. The van der Waals surface area contributed by atoms with E-state index in [9.17, 15) is 14.4 Å². The van der Waals surface area contributed by atoms with Gasteiger partial charge in [-0.3, -0.25) is 19.3 Å². The number of rotatable bonds is 20. The molecule has 0 N–H and O–H groups in total. The number of hydrogen-bond acceptors (Lipinski definition) is 6. The minimum Gasteiger partial charge on any atom is -0.483 e. The van der Waals surface area contributed by atoms with Crippen LogP contribution in [0.2, 0.25) is 0 Å². The summed E-state index contributed by atoms with van der Waals surface area (Å²) in [6.45, 7) is 5.15. The summed E-state index contributed by atoms with van der Waals surface area (Å²) >= 11 is 0. The molecule has 7 nitrogen and oxygen atoms in total. The fourth-order valence-corrected chi connectivity index (χ4v) is 10.8. The first-order chi connectivity index (χ1) is 26.8. The Kier molecular flexibility index (Phi) is 13.1. The highest BCUT2D eigenvalue weighted by molar-refractivity contribution is 5.78. The quantitative estimate of drug-likeness (QED) is 0.0652. The molecule has 7 heteroatoms. The van der Waals surface area contributed by atoms with Crippen LogP contribution in [0.25, 0.3) is 0 Å². The van der Waals surface area contributed by atoms with Crippen molar-refractivity contribution in [2.75, 3.05) is 19.6 Å². The van der Waals surface area contributed by atoms with Gasteiger partial charge in [0.15, 0.2) is 11.5 Å². The van der Waals surface area contributed by atoms with Crippen molar-refractivity contribution in [3.8, 4) is 11.5 Å². The number of likely N-dealkylation sites (tertiary alicyclic amines) is 1. The van der Waals surface area contributed by atoms with Gasteiger partial charge in [-0.1, -0.05) is 105 Å². The summed E-state index contributed by atoms with van der Waals surface area (Å²) in [6, 6.07) is 25.6. The molecular formula is C48H62N2O5. The molecule has 1 saturated carbocycles. The van der Waals surface area contributed by atoms with E-state index < -0.39 is 0 Å². The van der Waals surface area contributed by atoms with E-state index >= 15 is 0 Å². The maximum atomic E-state index is 14.5. The third kappa shape index (κ3) is 8.88. The molecule has 7 rings (SSSR count). The van der Waals surface area contributed by atoms with E-state index in [1.165, 1.54) is 74.1 Å². The maximum Gasteiger partial charge on any atom is 0.308 e. The van der Waals surface area contributed by atoms with Gasteiger partial charge in [-0.15, -0.1) is 0 Å². The summed E-state index contributed by atoms with van der Waals surface area (Å²) in [4.78, 5) is 43.8. The van der Waals surface area contributed by atoms with Crippen molar-refractivity contribution in [2.24, 2.45) is 5.92 Å². The largest absolute Gasteiger partial charge is 0.483 e. The lowest BCUT2D eigenvalue weighted by Gasteiger charge is -2.60. The molecule has 2 heterocycles. The van der Waals surface area contributed by atoms with Gasteiger partial charge < -0.3 is 14.4 Å². The standard InChI is InChI=1S/C48H62N2O5/c1-35(51)34-49-32-30-48-40-27-28-41(47(48)55-46-43(54-36(2)52)29-26-39(45(46)48)33-42(40)49)50(31-18-17-24-38-22-14-10-15-23-38)44(53)25-16-8-6-4-3-5-7-11-19-37-20-12-9-13-21-37/h9-10,12-15,20-23,26,29,40-42,47H,3-8,11,16-19,24-25,27-28,30-34H2,1-2H3/t40-,41+,42+,47-,48-/m0/s1. The first-order valence-corrected chi connectivity index (χ1v) is 21.5. The molecule has 3 aromatic carbocycles. The number of carbonyl (C=O) groups is 3. The molecule has 3 aromatic rings. The summed E-state index contributed by atoms with van der Waals surface area (Å²) < 4.78 is 12.9. The zero-order chi connectivity index (χ0) is 38.2. The summed E-state index contributed by atoms with van der Waals surface area (Å²) in [5.74, 6) is 1.62. The van der Waals surface area contributed by atoms with Gasteiger partial charge in [0.2, 0.25) is 5.91 Å². The van der Waals surface area contributed by atoms with Crippen LogP contribution in [0, 0.1) is 5.92 Å². The van der Waals surface area contributed by atoms with E-state index in [1.54, 1.807) is 6.92 Å². The zero-order valence-electron chi connectivity index (χ0n) is 33.3. The van der Waals surface area contributed by atoms with Gasteiger partial charge in [-0.05, 0) is 106 Å². The van der Waals surface area contributed by atoms with Crippen LogP contribution in [-0.2, 0) is 39.1 Å². The second-order valence-electron chi connectivity index (χ2n) is 16.9. The van der Waals surface area contributed by atoms with Crippen LogP contribution in [0.5, 0.6) is 11.5 Å². The number of Topliss-reactive ketones (excluding diaryl/α,β-unsaturated/α-hetero) is 1. The van der Waals surface area contributed by atoms with Gasteiger partial charge in [-0.2, -0.15) is 0 Å². The lowest BCUT2D eigenvalue weighted by molar-refractivity contribution is -0.143. The molecule has 2 aliphatic carbocycles. The number of esters is 1. The Bertz CT molecular complexity index is 1760. The minimum absolute atomic E-state index is 0.0557. The second-order valence-corrected chi connectivity index (χ2v) is 16.9. The topological polar surface area (TPSA) is 76.2 Å². The van der Waals surface area contributed by atoms with Crippen LogP contribution >= 0.6 is 0 Å². The number of unbranched alkanes of at least 4 members (excludes halogenated alkanes) is 8. The fourth-order valence-electron chi connectivity index (χ4n) is 10.8. The van der Waals surface area contributed by atoms with Crippen LogP contribution in [0.4, 0.5) is 0 Å². The summed E-state index contributed by atoms with van der Waals surface area (Å²) in [7, 11) is 0. The van der Waals surface area contributed by atoms with E-state index in [1.807, 2.05) is 6.07 Å². The summed E-state index contributed by atoms with van der Waals surface area (Å²) in [5, 5.41) is 0. The molecule has 1 saturated heterocycles. The highest BCUT2D eigenvalue weighted by Gasteiger charge is 2.66. The molecule has 1 spiro atoms. The average molecular weight is 747 g/mol. The van der Waals surface area contributed by atoms with Crippen molar-refractivity contribution in [3.05, 3.63) is 95.1 Å². The van der Waals surface area contributed by atoms with Crippen LogP contribution in [-0.4, -0.2) is 65.3 Å². The van der Waals surface area contributed by atoms with Gasteiger partial charge >= 0.3 is 5.97 Å². The minimum atomic E-state index is -0.358. The molecular weight excluding hydrogens is 685 g/mol. The number of ketones is 1. The van der Waals surface area contributed by atoms with Crippen LogP contribution < -0.4 is 9.47 Å². The number of carbonyl (C=O) groups excluding carboxylic acids is 3. The molecule has 2 fully saturated rings. The van der Waals surface area contributed by atoms with Gasteiger partial charge in [0.25, 0.3) is 0 Å². The normalized spacial score (nSPS) is 23.5. The Balaban J connectivity index is 1.03. The number of ether oxygens (including phenoxy) is 2. The Labute approximate surface area is 329 Å². The molecule has 1 amide bonds. The lowest BCUT2D eigenvalue weighted by atomic mass is 9.51. The van der Waals surface area contributed by atoms with E-state index in [0.717, 1.165) is 70.9 Å². The van der Waals surface area contributed by atoms with Crippen molar-refractivity contribution in [1.29, 1.82) is 0 Å². The smallest absolute Gasteiger partial charge is 0.308 e. The van der Waals surface area contributed by atoms with Crippen LogP contribution in [0.3, 0.4) is 0 Å². The third-order valence-corrected chi connectivity index (χ3v) is 13.2. The van der Waals surface area contributed by atoms with Gasteiger partial charge in [0.05, 0.1) is 12.6 Å². The highest BCUT2D eigenvalue weighted by Crippen LogP contribution is 2.64. The first kappa shape index (κ1) is 39.3. The Hall–Kier alpha value is -3.97. The van der Waals surface area contributed by atoms with E-state index in [-0.39, 0.29) is 41.3 Å². The average Bonchev–Trinajstić information content (AvgIpc) is 3.53. The van der Waals surface area contributed by atoms with E-state index in [0.29, 0.717) is 30.4 Å². The number of piperidine rings is 1. The summed E-state index contributed by atoms with van der Waals surface area (Å²) in [5.41, 5.74) is 4.94.